The van der Waals surface area contributed by atoms with E-state index in [2.05, 4.69) is 5.32 Å². The van der Waals surface area contributed by atoms with E-state index >= 15 is 0 Å². The molecule has 0 aliphatic rings. The predicted octanol–water partition coefficient (Wildman–Crippen LogP) is 4.20. The molecule has 0 saturated heterocycles. The molecule has 24 heavy (non-hydrogen) atoms. The Bertz CT molecular complexity index is 674. The van der Waals surface area contributed by atoms with Crippen LogP contribution in [0.4, 0.5) is 5.69 Å². The lowest BCUT2D eigenvalue weighted by Crippen LogP contribution is -2.39. The van der Waals surface area contributed by atoms with Crippen molar-refractivity contribution in [3.63, 3.8) is 0 Å². The van der Waals surface area contributed by atoms with Crippen molar-refractivity contribution in [3.05, 3.63) is 59.1 Å². The molecule has 0 aliphatic carbocycles. The SMILES string of the molecule is COc1ccc(Cl)cc1NCC(=O)N(Cc1ccccc1)C(C)C. The summed E-state index contributed by atoms with van der Waals surface area (Å²) in [6.45, 7) is 4.80. The fourth-order valence-electron chi connectivity index (χ4n) is 2.43. The van der Waals surface area contributed by atoms with Crippen LogP contribution >= 0.6 is 11.6 Å². The first-order valence-corrected chi connectivity index (χ1v) is 8.30. The molecular formula is C19H23ClN2O2. The Kier molecular flexibility index (Phi) is 6.50. The van der Waals surface area contributed by atoms with Crippen molar-refractivity contribution in [2.45, 2.75) is 26.4 Å². The van der Waals surface area contributed by atoms with E-state index < -0.39 is 0 Å². The van der Waals surface area contributed by atoms with Crippen LogP contribution in [0.15, 0.2) is 48.5 Å². The molecule has 1 N–H and O–H groups in total. The average molecular weight is 347 g/mol. The maximum absolute atomic E-state index is 12.6. The molecule has 2 rings (SSSR count). The summed E-state index contributed by atoms with van der Waals surface area (Å²) in [5.74, 6) is 0.683. The number of hydrogen-bond acceptors (Lipinski definition) is 3. The lowest BCUT2D eigenvalue weighted by molar-refractivity contribution is -0.131. The Labute approximate surface area is 148 Å². The smallest absolute Gasteiger partial charge is 0.242 e. The van der Waals surface area contributed by atoms with E-state index in [1.807, 2.05) is 49.1 Å². The van der Waals surface area contributed by atoms with Gasteiger partial charge < -0.3 is 15.0 Å². The molecule has 0 unspecified atom stereocenters. The molecule has 0 radical (unpaired) electrons. The zero-order chi connectivity index (χ0) is 17.5. The lowest BCUT2D eigenvalue weighted by atomic mass is 10.2. The second-order valence-corrected chi connectivity index (χ2v) is 6.24. The monoisotopic (exact) mass is 346 g/mol. The van der Waals surface area contributed by atoms with Crippen LogP contribution < -0.4 is 10.1 Å². The first-order chi connectivity index (χ1) is 11.5. The summed E-state index contributed by atoms with van der Waals surface area (Å²) in [6.07, 6.45) is 0. The van der Waals surface area contributed by atoms with Gasteiger partial charge in [0.1, 0.15) is 5.75 Å². The van der Waals surface area contributed by atoms with Crippen LogP contribution in [-0.4, -0.2) is 30.5 Å². The Balaban J connectivity index is 2.05. The first-order valence-electron chi connectivity index (χ1n) is 7.92. The van der Waals surface area contributed by atoms with Gasteiger partial charge in [0.2, 0.25) is 5.91 Å². The Hall–Kier alpha value is -2.20. The zero-order valence-corrected chi connectivity index (χ0v) is 15.0. The number of ether oxygens (including phenoxy) is 1. The summed E-state index contributed by atoms with van der Waals surface area (Å²) < 4.78 is 5.29. The van der Waals surface area contributed by atoms with Crippen molar-refractivity contribution < 1.29 is 9.53 Å². The van der Waals surface area contributed by atoms with Crippen molar-refractivity contribution in [2.75, 3.05) is 19.0 Å². The van der Waals surface area contributed by atoms with E-state index in [1.54, 1.807) is 25.3 Å². The second-order valence-electron chi connectivity index (χ2n) is 5.80. The van der Waals surface area contributed by atoms with E-state index in [1.165, 1.54) is 0 Å². The third-order valence-corrected chi connectivity index (χ3v) is 3.97. The number of amides is 1. The van der Waals surface area contributed by atoms with Gasteiger partial charge in [0, 0.05) is 17.6 Å². The van der Waals surface area contributed by atoms with Crippen molar-refractivity contribution >= 4 is 23.2 Å². The van der Waals surface area contributed by atoms with E-state index in [9.17, 15) is 4.79 Å². The summed E-state index contributed by atoms with van der Waals surface area (Å²) in [5, 5.41) is 3.72. The number of anilines is 1. The van der Waals surface area contributed by atoms with Gasteiger partial charge in [-0.25, -0.2) is 0 Å². The molecule has 0 spiro atoms. The molecule has 0 aliphatic heterocycles. The lowest BCUT2D eigenvalue weighted by Gasteiger charge is -2.27. The van der Waals surface area contributed by atoms with Crippen molar-refractivity contribution in [3.8, 4) is 5.75 Å². The summed E-state index contributed by atoms with van der Waals surface area (Å²) in [5.41, 5.74) is 1.82. The fourth-order valence-corrected chi connectivity index (χ4v) is 2.60. The van der Waals surface area contributed by atoms with Crippen molar-refractivity contribution in [1.82, 2.24) is 4.90 Å². The number of benzene rings is 2. The van der Waals surface area contributed by atoms with Gasteiger partial charge in [-0.15, -0.1) is 0 Å². The maximum atomic E-state index is 12.6. The summed E-state index contributed by atoms with van der Waals surface area (Å²) in [4.78, 5) is 14.5. The molecule has 5 heteroatoms. The highest BCUT2D eigenvalue weighted by atomic mass is 35.5. The molecule has 0 atom stereocenters. The maximum Gasteiger partial charge on any atom is 0.242 e. The average Bonchev–Trinajstić information content (AvgIpc) is 2.58. The molecule has 2 aromatic carbocycles. The normalized spacial score (nSPS) is 10.5. The third-order valence-electron chi connectivity index (χ3n) is 3.73. The number of halogens is 1. The van der Waals surface area contributed by atoms with Gasteiger partial charge in [-0.3, -0.25) is 4.79 Å². The summed E-state index contributed by atoms with van der Waals surface area (Å²) in [6, 6.07) is 15.4. The van der Waals surface area contributed by atoms with Crippen LogP contribution in [0.25, 0.3) is 0 Å². The quantitative estimate of drug-likeness (QED) is 0.817. The fraction of sp³-hybridized carbons (Fsp3) is 0.316. The molecule has 128 valence electrons. The molecular weight excluding hydrogens is 324 g/mol. The topological polar surface area (TPSA) is 41.6 Å². The largest absolute Gasteiger partial charge is 0.495 e. The van der Waals surface area contributed by atoms with Gasteiger partial charge in [0.25, 0.3) is 0 Å². The Morgan fingerprint density at radius 2 is 1.92 bits per heavy atom. The van der Waals surface area contributed by atoms with Crippen molar-refractivity contribution in [1.29, 1.82) is 0 Å². The van der Waals surface area contributed by atoms with Crippen LogP contribution in [0.5, 0.6) is 5.75 Å². The van der Waals surface area contributed by atoms with Crippen molar-refractivity contribution in [2.24, 2.45) is 0 Å². The molecule has 0 bridgehead atoms. The van der Waals surface area contributed by atoms with E-state index in [-0.39, 0.29) is 18.5 Å². The number of nitrogens with zero attached hydrogens (tertiary/aromatic N) is 1. The number of hydrogen-bond donors (Lipinski definition) is 1. The standard InChI is InChI=1S/C19H23ClN2O2/c1-14(2)22(13-15-7-5-4-6-8-15)19(23)12-21-17-11-16(20)9-10-18(17)24-3/h4-11,14,21H,12-13H2,1-3H3. The molecule has 0 heterocycles. The highest BCUT2D eigenvalue weighted by Gasteiger charge is 2.17. The number of methoxy groups -OCH3 is 1. The van der Waals surface area contributed by atoms with Gasteiger partial charge >= 0.3 is 0 Å². The van der Waals surface area contributed by atoms with E-state index in [0.717, 1.165) is 5.56 Å². The number of rotatable bonds is 7. The van der Waals surface area contributed by atoms with Crippen LogP contribution in [0.2, 0.25) is 5.02 Å². The van der Waals surface area contributed by atoms with Gasteiger partial charge in [-0.1, -0.05) is 41.9 Å². The predicted molar refractivity (Wildman–Crippen MR) is 98.6 cm³/mol. The third kappa shape index (κ3) is 4.90. The molecule has 4 nitrogen and oxygen atoms in total. The first kappa shape index (κ1) is 18.1. The molecule has 1 amide bonds. The molecule has 0 aromatic heterocycles. The molecule has 0 saturated carbocycles. The van der Waals surface area contributed by atoms with Gasteiger partial charge in [0.05, 0.1) is 19.3 Å². The Morgan fingerprint density at radius 1 is 1.21 bits per heavy atom. The zero-order valence-electron chi connectivity index (χ0n) is 14.3. The highest BCUT2D eigenvalue weighted by Crippen LogP contribution is 2.27. The highest BCUT2D eigenvalue weighted by molar-refractivity contribution is 6.30. The van der Waals surface area contributed by atoms with Gasteiger partial charge in [-0.2, -0.15) is 0 Å². The van der Waals surface area contributed by atoms with Gasteiger partial charge in [-0.05, 0) is 37.6 Å². The minimum absolute atomic E-state index is 0.0240. The van der Waals surface area contributed by atoms with Crippen LogP contribution in [0, 0.1) is 0 Å². The number of carbonyl (C=O) groups excluding carboxylic acids is 1. The minimum Gasteiger partial charge on any atom is -0.495 e. The van der Waals surface area contributed by atoms with Crippen LogP contribution in [0.1, 0.15) is 19.4 Å². The summed E-state index contributed by atoms with van der Waals surface area (Å²) >= 11 is 6.02. The minimum atomic E-state index is 0.0240. The molecule has 0 fully saturated rings. The van der Waals surface area contributed by atoms with Gasteiger partial charge in [0.15, 0.2) is 0 Å². The van der Waals surface area contributed by atoms with E-state index in [4.69, 9.17) is 16.3 Å². The number of carbonyl (C=O) groups is 1. The second kappa shape index (κ2) is 8.60. The van der Waals surface area contributed by atoms with Crippen LogP contribution in [-0.2, 0) is 11.3 Å². The van der Waals surface area contributed by atoms with Crippen LogP contribution in [0.3, 0.4) is 0 Å². The number of nitrogens with one attached hydrogen (secondary N) is 1. The van der Waals surface area contributed by atoms with E-state index in [0.29, 0.717) is 23.0 Å². The summed E-state index contributed by atoms with van der Waals surface area (Å²) in [7, 11) is 1.59. The molecule has 2 aromatic rings. The Morgan fingerprint density at radius 3 is 2.54 bits per heavy atom.